The number of rotatable bonds is 8. The minimum absolute atomic E-state index is 0.135. The SMILES string of the molecule is CCCN(CCC)S(=O)(=O)c1ccc(C(=O)Nc2ccc3c(c2)C(=O)N(C)C3=O)cc1. The topological polar surface area (TPSA) is 104 Å². The van der Waals surface area contributed by atoms with Gasteiger partial charge in [0.15, 0.2) is 0 Å². The Balaban J connectivity index is 1.77. The van der Waals surface area contributed by atoms with Gasteiger partial charge in [0, 0.05) is 31.4 Å². The summed E-state index contributed by atoms with van der Waals surface area (Å²) in [6.07, 6.45) is 1.43. The van der Waals surface area contributed by atoms with Gasteiger partial charge in [-0.25, -0.2) is 8.42 Å². The molecule has 9 heteroatoms. The fourth-order valence-electron chi connectivity index (χ4n) is 3.42. The summed E-state index contributed by atoms with van der Waals surface area (Å²) in [6.45, 7) is 4.72. The van der Waals surface area contributed by atoms with Crippen LogP contribution in [0, 0.1) is 0 Å². The van der Waals surface area contributed by atoms with Gasteiger partial charge in [0.05, 0.1) is 16.0 Å². The third-order valence-corrected chi connectivity index (χ3v) is 6.96. The molecule has 0 aliphatic carbocycles. The molecular weight excluding hydrogens is 418 g/mol. The fraction of sp³-hybridized carbons (Fsp3) is 0.318. The van der Waals surface area contributed by atoms with E-state index < -0.39 is 21.8 Å². The van der Waals surface area contributed by atoms with Crippen LogP contribution in [0.2, 0.25) is 0 Å². The van der Waals surface area contributed by atoms with Gasteiger partial charge < -0.3 is 5.32 Å². The average Bonchev–Trinajstić information content (AvgIpc) is 2.97. The first-order chi connectivity index (χ1) is 14.7. The van der Waals surface area contributed by atoms with Crippen molar-refractivity contribution < 1.29 is 22.8 Å². The van der Waals surface area contributed by atoms with Crippen molar-refractivity contribution in [2.24, 2.45) is 0 Å². The van der Waals surface area contributed by atoms with Crippen LogP contribution in [0.1, 0.15) is 57.8 Å². The maximum atomic E-state index is 12.8. The molecular formula is C22H25N3O5S. The Morgan fingerprint density at radius 2 is 1.52 bits per heavy atom. The lowest BCUT2D eigenvalue weighted by Crippen LogP contribution is -2.32. The summed E-state index contributed by atoms with van der Waals surface area (Å²) >= 11 is 0. The molecule has 0 saturated heterocycles. The van der Waals surface area contributed by atoms with Crippen molar-refractivity contribution in [1.82, 2.24) is 9.21 Å². The molecule has 3 rings (SSSR count). The van der Waals surface area contributed by atoms with E-state index in [9.17, 15) is 22.8 Å². The molecule has 0 aromatic heterocycles. The molecule has 1 heterocycles. The summed E-state index contributed by atoms with van der Waals surface area (Å²) in [5.74, 6) is -1.25. The van der Waals surface area contributed by atoms with E-state index in [-0.39, 0.29) is 21.9 Å². The smallest absolute Gasteiger partial charge is 0.261 e. The molecule has 0 bridgehead atoms. The number of sulfonamides is 1. The molecule has 0 fully saturated rings. The average molecular weight is 444 g/mol. The van der Waals surface area contributed by atoms with Crippen LogP contribution in [0.5, 0.6) is 0 Å². The van der Waals surface area contributed by atoms with E-state index in [4.69, 9.17) is 0 Å². The summed E-state index contributed by atoms with van der Waals surface area (Å²) in [4.78, 5) is 37.8. The Hall–Kier alpha value is -3.04. The van der Waals surface area contributed by atoms with Gasteiger partial charge in [0.2, 0.25) is 10.0 Å². The lowest BCUT2D eigenvalue weighted by molar-refractivity contribution is 0.0692. The van der Waals surface area contributed by atoms with E-state index in [1.54, 1.807) is 6.07 Å². The predicted molar refractivity (Wildman–Crippen MR) is 117 cm³/mol. The van der Waals surface area contributed by atoms with Crippen molar-refractivity contribution in [3.05, 3.63) is 59.2 Å². The first-order valence-corrected chi connectivity index (χ1v) is 11.5. The number of carbonyl (C=O) groups is 3. The molecule has 2 aromatic rings. The number of fused-ring (bicyclic) bond motifs is 1. The zero-order chi connectivity index (χ0) is 22.8. The lowest BCUT2D eigenvalue weighted by Gasteiger charge is -2.21. The second kappa shape index (κ2) is 8.99. The van der Waals surface area contributed by atoms with E-state index in [1.807, 2.05) is 13.8 Å². The first kappa shape index (κ1) is 22.6. The predicted octanol–water partition coefficient (Wildman–Crippen LogP) is 2.98. The van der Waals surface area contributed by atoms with Crippen LogP contribution >= 0.6 is 0 Å². The van der Waals surface area contributed by atoms with Crippen molar-refractivity contribution in [3.8, 4) is 0 Å². The van der Waals surface area contributed by atoms with Gasteiger partial charge in [-0.3, -0.25) is 19.3 Å². The number of hydrogen-bond donors (Lipinski definition) is 1. The molecule has 31 heavy (non-hydrogen) atoms. The van der Waals surface area contributed by atoms with Crippen molar-refractivity contribution in [3.63, 3.8) is 0 Å². The molecule has 164 valence electrons. The molecule has 8 nitrogen and oxygen atoms in total. The van der Waals surface area contributed by atoms with E-state index >= 15 is 0 Å². The molecule has 0 atom stereocenters. The maximum absolute atomic E-state index is 12.8. The number of amides is 3. The van der Waals surface area contributed by atoms with Crippen LogP contribution in [-0.4, -0.2) is 55.5 Å². The molecule has 0 unspecified atom stereocenters. The second-order valence-corrected chi connectivity index (χ2v) is 9.25. The number of nitrogens with one attached hydrogen (secondary N) is 1. The van der Waals surface area contributed by atoms with Crippen LogP contribution in [0.25, 0.3) is 0 Å². The van der Waals surface area contributed by atoms with Crippen molar-refractivity contribution in [1.29, 1.82) is 0 Å². The zero-order valence-corrected chi connectivity index (χ0v) is 18.5. The van der Waals surface area contributed by atoms with Gasteiger partial charge in [-0.15, -0.1) is 0 Å². The Bertz CT molecular complexity index is 1120. The van der Waals surface area contributed by atoms with Crippen molar-refractivity contribution in [2.45, 2.75) is 31.6 Å². The maximum Gasteiger partial charge on any atom is 0.261 e. The van der Waals surface area contributed by atoms with E-state index in [1.165, 1.54) is 47.8 Å². The minimum atomic E-state index is -3.62. The summed E-state index contributed by atoms with van der Waals surface area (Å²) in [7, 11) is -2.22. The van der Waals surface area contributed by atoms with Crippen LogP contribution < -0.4 is 5.32 Å². The number of anilines is 1. The fourth-order valence-corrected chi connectivity index (χ4v) is 5.04. The quantitative estimate of drug-likeness (QED) is 0.632. The third kappa shape index (κ3) is 4.38. The highest BCUT2D eigenvalue weighted by Gasteiger charge is 2.32. The molecule has 3 amide bonds. The Morgan fingerprint density at radius 3 is 2.10 bits per heavy atom. The van der Waals surface area contributed by atoms with Crippen molar-refractivity contribution in [2.75, 3.05) is 25.5 Å². The molecule has 1 N–H and O–H groups in total. The van der Waals surface area contributed by atoms with Gasteiger partial charge in [-0.2, -0.15) is 4.31 Å². The first-order valence-electron chi connectivity index (χ1n) is 10.1. The van der Waals surface area contributed by atoms with Gasteiger partial charge in [0.1, 0.15) is 0 Å². The highest BCUT2D eigenvalue weighted by molar-refractivity contribution is 7.89. The number of carbonyl (C=O) groups excluding carboxylic acids is 3. The summed E-state index contributed by atoms with van der Waals surface area (Å²) in [5.41, 5.74) is 1.17. The highest BCUT2D eigenvalue weighted by atomic mass is 32.2. The van der Waals surface area contributed by atoms with E-state index in [0.717, 1.165) is 4.90 Å². The highest BCUT2D eigenvalue weighted by Crippen LogP contribution is 2.25. The Labute approximate surface area is 181 Å². The molecule has 0 spiro atoms. The largest absolute Gasteiger partial charge is 0.322 e. The van der Waals surface area contributed by atoms with Gasteiger partial charge in [-0.1, -0.05) is 13.8 Å². The van der Waals surface area contributed by atoms with Crippen LogP contribution in [-0.2, 0) is 10.0 Å². The summed E-state index contributed by atoms with van der Waals surface area (Å²) in [6, 6.07) is 10.3. The van der Waals surface area contributed by atoms with Crippen molar-refractivity contribution >= 4 is 33.4 Å². The number of benzene rings is 2. The van der Waals surface area contributed by atoms with E-state index in [2.05, 4.69) is 5.32 Å². The minimum Gasteiger partial charge on any atom is -0.322 e. The summed E-state index contributed by atoms with van der Waals surface area (Å²) in [5, 5.41) is 2.68. The monoisotopic (exact) mass is 443 g/mol. The van der Waals surface area contributed by atoms with Gasteiger partial charge in [-0.05, 0) is 55.3 Å². The Morgan fingerprint density at radius 1 is 0.935 bits per heavy atom. The van der Waals surface area contributed by atoms with Crippen LogP contribution in [0.3, 0.4) is 0 Å². The number of imide groups is 1. The second-order valence-electron chi connectivity index (χ2n) is 7.31. The van der Waals surface area contributed by atoms with Gasteiger partial charge >= 0.3 is 0 Å². The molecule has 0 saturated carbocycles. The van der Waals surface area contributed by atoms with Gasteiger partial charge in [0.25, 0.3) is 17.7 Å². The zero-order valence-electron chi connectivity index (χ0n) is 17.7. The molecule has 2 aromatic carbocycles. The third-order valence-electron chi connectivity index (χ3n) is 5.05. The number of nitrogens with zero attached hydrogens (tertiary/aromatic N) is 2. The number of hydrogen-bond acceptors (Lipinski definition) is 5. The molecule has 0 radical (unpaired) electrons. The Kier molecular flexibility index (Phi) is 6.56. The van der Waals surface area contributed by atoms with E-state index in [0.29, 0.717) is 37.2 Å². The lowest BCUT2D eigenvalue weighted by atomic mass is 10.1. The van der Waals surface area contributed by atoms with Crippen LogP contribution in [0.4, 0.5) is 5.69 Å². The normalized spacial score (nSPS) is 13.6. The van der Waals surface area contributed by atoms with Crippen LogP contribution in [0.15, 0.2) is 47.4 Å². The summed E-state index contributed by atoms with van der Waals surface area (Å²) < 4.78 is 27.1. The molecule has 1 aliphatic heterocycles. The standard InChI is InChI=1S/C22H25N3O5S/c1-4-12-25(13-5-2)31(29,30)17-9-6-15(7-10-17)20(26)23-16-8-11-18-19(14-16)22(28)24(3)21(18)27/h6-11,14H,4-5,12-13H2,1-3H3,(H,23,26). The molecule has 1 aliphatic rings.